The maximum atomic E-state index is 10.2. The Hall–Kier alpha value is -1.35. The van der Waals surface area contributed by atoms with Gasteiger partial charge in [0.15, 0.2) is 0 Å². The zero-order valence-electron chi connectivity index (χ0n) is 8.15. The third-order valence-electron chi connectivity index (χ3n) is 1.71. The number of carbonyl (C=O) groups is 1. The van der Waals surface area contributed by atoms with E-state index >= 15 is 0 Å². The van der Waals surface area contributed by atoms with Crippen molar-refractivity contribution in [1.82, 2.24) is 0 Å². The highest BCUT2D eigenvalue weighted by Gasteiger charge is 1.97. The first-order valence-corrected chi connectivity index (χ1v) is 5.06. The average molecular weight is 208 g/mol. The summed E-state index contributed by atoms with van der Waals surface area (Å²) in [7, 11) is 0. The summed E-state index contributed by atoms with van der Waals surface area (Å²) in [5.74, 6) is -0.923. The predicted octanol–water partition coefficient (Wildman–Crippen LogP) is 3.02. The molecule has 0 aliphatic rings. The van der Waals surface area contributed by atoms with Crippen LogP contribution in [0, 0.1) is 13.8 Å². The second kappa shape index (κ2) is 4.77. The number of carboxylic acids is 1. The molecule has 14 heavy (non-hydrogen) atoms. The lowest BCUT2D eigenvalue weighted by molar-refractivity contribution is -0.131. The largest absolute Gasteiger partial charge is 0.478 e. The molecule has 0 spiro atoms. The Balaban J connectivity index is 2.69. The van der Waals surface area contributed by atoms with E-state index in [9.17, 15) is 4.79 Å². The van der Waals surface area contributed by atoms with Crippen molar-refractivity contribution in [2.24, 2.45) is 0 Å². The average Bonchev–Trinajstić information content (AvgIpc) is 2.39. The third-order valence-corrected chi connectivity index (χ3v) is 2.69. The van der Waals surface area contributed by atoms with Crippen LogP contribution in [0.2, 0.25) is 0 Å². The van der Waals surface area contributed by atoms with Gasteiger partial charge < -0.3 is 5.11 Å². The number of aliphatic carboxylic acids is 1. The highest BCUT2D eigenvalue weighted by Crippen LogP contribution is 2.21. The number of thiophene rings is 1. The summed E-state index contributed by atoms with van der Waals surface area (Å²) in [5.41, 5.74) is 1.16. The molecule has 0 unspecified atom stereocenters. The van der Waals surface area contributed by atoms with E-state index in [-0.39, 0.29) is 0 Å². The van der Waals surface area contributed by atoms with Gasteiger partial charge in [0.2, 0.25) is 0 Å². The minimum Gasteiger partial charge on any atom is -0.478 e. The summed E-state index contributed by atoms with van der Waals surface area (Å²) in [6.07, 6.45) is 6.29. The van der Waals surface area contributed by atoms with Crippen LogP contribution in [-0.4, -0.2) is 11.1 Å². The molecule has 0 atom stereocenters. The van der Waals surface area contributed by atoms with Gasteiger partial charge in [0.25, 0.3) is 0 Å². The molecule has 1 aromatic rings. The van der Waals surface area contributed by atoms with E-state index in [1.165, 1.54) is 15.8 Å². The van der Waals surface area contributed by atoms with Crippen molar-refractivity contribution >= 4 is 23.4 Å². The summed E-state index contributed by atoms with van der Waals surface area (Å²) >= 11 is 1.74. The molecule has 74 valence electrons. The van der Waals surface area contributed by atoms with Gasteiger partial charge in [-0.25, -0.2) is 4.79 Å². The van der Waals surface area contributed by atoms with Gasteiger partial charge in [-0.1, -0.05) is 18.2 Å². The first-order chi connectivity index (χ1) is 6.59. The van der Waals surface area contributed by atoms with E-state index in [0.717, 1.165) is 11.6 Å². The lowest BCUT2D eigenvalue weighted by atomic mass is 10.2. The van der Waals surface area contributed by atoms with Crippen LogP contribution in [0.15, 0.2) is 24.3 Å². The van der Waals surface area contributed by atoms with Crippen molar-refractivity contribution in [2.45, 2.75) is 13.8 Å². The summed E-state index contributed by atoms with van der Waals surface area (Å²) in [5, 5.41) is 8.35. The highest BCUT2D eigenvalue weighted by atomic mass is 32.1. The lowest BCUT2D eigenvalue weighted by Crippen LogP contribution is -1.84. The number of carboxylic acid groups (broad SMARTS) is 1. The van der Waals surface area contributed by atoms with Crippen molar-refractivity contribution in [3.8, 4) is 0 Å². The van der Waals surface area contributed by atoms with Crippen molar-refractivity contribution < 1.29 is 9.90 Å². The molecular weight excluding hydrogens is 196 g/mol. The lowest BCUT2D eigenvalue weighted by Gasteiger charge is -1.86. The fourth-order valence-corrected chi connectivity index (χ4v) is 2.03. The maximum Gasteiger partial charge on any atom is 0.328 e. The van der Waals surface area contributed by atoms with Crippen LogP contribution >= 0.6 is 11.3 Å². The smallest absolute Gasteiger partial charge is 0.328 e. The van der Waals surface area contributed by atoms with Gasteiger partial charge in [-0.15, -0.1) is 11.3 Å². The molecule has 3 heteroatoms. The van der Waals surface area contributed by atoms with Crippen molar-refractivity contribution in [1.29, 1.82) is 0 Å². The van der Waals surface area contributed by atoms with Crippen LogP contribution in [0.3, 0.4) is 0 Å². The van der Waals surface area contributed by atoms with Gasteiger partial charge in [0.1, 0.15) is 0 Å². The normalized spacial score (nSPS) is 11.6. The van der Waals surface area contributed by atoms with Crippen LogP contribution < -0.4 is 0 Å². The monoisotopic (exact) mass is 208 g/mol. The summed E-state index contributed by atoms with van der Waals surface area (Å²) in [4.78, 5) is 12.7. The van der Waals surface area contributed by atoms with E-state index < -0.39 is 5.97 Å². The van der Waals surface area contributed by atoms with E-state index in [2.05, 4.69) is 19.9 Å². The van der Waals surface area contributed by atoms with Crippen LogP contribution in [-0.2, 0) is 4.79 Å². The number of allylic oxidation sites excluding steroid dienone is 2. The molecule has 0 saturated carbocycles. The van der Waals surface area contributed by atoms with Gasteiger partial charge >= 0.3 is 5.97 Å². The van der Waals surface area contributed by atoms with Crippen LogP contribution in [0.5, 0.6) is 0 Å². The molecule has 0 aliphatic heterocycles. The molecule has 0 saturated heterocycles. The van der Waals surface area contributed by atoms with Crippen LogP contribution in [0.25, 0.3) is 6.08 Å². The van der Waals surface area contributed by atoms with Gasteiger partial charge in [-0.3, -0.25) is 0 Å². The Bertz CT molecular complexity index is 386. The Labute approximate surface area is 87.2 Å². The number of hydrogen-bond donors (Lipinski definition) is 1. The zero-order valence-corrected chi connectivity index (χ0v) is 8.97. The van der Waals surface area contributed by atoms with E-state index in [1.807, 2.05) is 6.08 Å². The molecule has 1 aromatic heterocycles. The number of aryl methyl sites for hydroxylation is 2. The fourth-order valence-electron chi connectivity index (χ4n) is 1.11. The van der Waals surface area contributed by atoms with Crippen LogP contribution in [0.4, 0.5) is 0 Å². The SMILES string of the molecule is Cc1cc(/C=C/C=C/C(=O)O)c(C)s1. The number of rotatable bonds is 3. The van der Waals surface area contributed by atoms with Gasteiger partial charge in [0, 0.05) is 15.8 Å². The predicted molar refractivity (Wildman–Crippen MR) is 59.6 cm³/mol. The fraction of sp³-hybridized carbons (Fsp3) is 0.182. The summed E-state index contributed by atoms with van der Waals surface area (Å²) in [6.45, 7) is 4.11. The van der Waals surface area contributed by atoms with E-state index in [4.69, 9.17) is 5.11 Å². The molecule has 0 aliphatic carbocycles. The van der Waals surface area contributed by atoms with Gasteiger partial charge in [-0.05, 0) is 25.5 Å². The third kappa shape index (κ3) is 3.18. The second-order valence-electron chi connectivity index (χ2n) is 2.93. The first-order valence-electron chi connectivity index (χ1n) is 4.24. The molecule has 1 N–H and O–H groups in total. The van der Waals surface area contributed by atoms with Gasteiger partial charge in [0.05, 0.1) is 0 Å². The Morgan fingerprint density at radius 2 is 2.14 bits per heavy atom. The maximum absolute atomic E-state index is 10.2. The van der Waals surface area contributed by atoms with E-state index in [0.29, 0.717) is 0 Å². The van der Waals surface area contributed by atoms with Crippen molar-refractivity contribution in [3.05, 3.63) is 39.6 Å². The van der Waals surface area contributed by atoms with E-state index in [1.54, 1.807) is 17.4 Å². The standard InChI is InChI=1S/C11H12O2S/c1-8-7-10(9(2)14-8)5-3-4-6-11(12)13/h3-7H,1-2H3,(H,12,13)/b5-3+,6-4+. The second-order valence-corrected chi connectivity index (χ2v) is 4.39. The molecule has 0 fully saturated rings. The highest BCUT2D eigenvalue weighted by molar-refractivity contribution is 7.12. The van der Waals surface area contributed by atoms with Crippen LogP contribution in [0.1, 0.15) is 15.3 Å². The van der Waals surface area contributed by atoms with Crippen molar-refractivity contribution in [3.63, 3.8) is 0 Å². The Kier molecular flexibility index (Phi) is 3.65. The topological polar surface area (TPSA) is 37.3 Å². The summed E-state index contributed by atoms with van der Waals surface area (Å²) < 4.78 is 0. The molecule has 0 radical (unpaired) electrons. The molecule has 0 aromatic carbocycles. The minimum absolute atomic E-state index is 0.923. The van der Waals surface area contributed by atoms with Gasteiger partial charge in [-0.2, -0.15) is 0 Å². The first kappa shape index (κ1) is 10.7. The quantitative estimate of drug-likeness (QED) is 0.612. The van der Waals surface area contributed by atoms with Crippen molar-refractivity contribution in [2.75, 3.05) is 0 Å². The number of hydrogen-bond acceptors (Lipinski definition) is 2. The molecule has 2 nitrogen and oxygen atoms in total. The molecule has 0 amide bonds. The molecular formula is C11H12O2S. The zero-order chi connectivity index (χ0) is 10.6. The molecule has 1 rings (SSSR count). The minimum atomic E-state index is -0.923. The molecule has 0 bridgehead atoms. The summed E-state index contributed by atoms with van der Waals surface area (Å²) in [6, 6.07) is 2.09. The Morgan fingerprint density at radius 3 is 2.64 bits per heavy atom. The Morgan fingerprint density at radius 1 is 1.43 bits per heavy atom. The molecule has 1 heterocycles.